The Balaban J connectivity index is 2.08. The molecule has 1 aromatic rings. The Morgan fingerprint density at radius 2 is 1.79 bits per heavy atom. The standard InChI is InChI=1S/C13H8Br/c14-13-7-3-6-12(10-13)9-8-11-4-1-2-5-11/h1-7,10H. The van der Waals surface area contributed by atoms with Crippen molar-refractivity contribution in [3.05, 3.63) is 65.9 Å². The van der Waals surface area contributed by atoms with Gasteiger partial charge in [-0.2, -0.15) is 0 Å². The van der Waals surface area contributed by atoms with E-state index in [1.807, 2.05) is 49.9 Å². The van der Waals surface area contributed by atoms with Gasteiger partial charge in [-0.3, -0.25) is 0 Å². The van der Waals surface area contributed by atoms with Crippen LogP contribution in [0.1, 0.15) is 5.56 Å². The lowest BCUT2D eigenvalue weighted by molar-refractivity contribution is 1.43. The van der Waals surface area contributed by atoms with Gasteiger partial charge in [0, 0.05) is 10.0 Å². The second-order valence-corrected chi connectivity index (χ2v) is 3.85. The minimum atomic E-state index is 1.03. The van der Waals surface area contributed by atoms with Gasteiger partial charge in [0.15, 0.2) is 0 Å². The molecule has 1 fully saturated rings. The summed E-state index contributed by atoms with van der Waals surface area (Å²) in [6.45, 7) is 0. The lowest BCUT2D eigenvalue weighted by atomic mass is 10.1. The van der Waals surface area contributed by atoms with Crippen LogP contribution < -0.4 is 0 Å². The number of hydrogen-bond acceptors (Lipinski definition) is 0. The summed E-state index contributed by atoms with van der Waals surface area (Å²) in [6.07, 6.45) is 7.99. The average molecular weight is 244 g/mol. The molecule has 0 aliphatic heterocycles. The molecule has 0 bridgehead atoms. The van der Waals surface area contributed by atoms with E-state index in [1.165, 1.54) is 0 Å². The first kappa shape index (κ1) is 9.80. The van der Waals surface area contributed by atoms with Crippen LogP contribution in [-0.2, 0) is 0 Å². The maximum atomic E-state index is 3.41. The van der Waals surface area contributed by atoms with Crippen LogP contribution in [-0.4, -0.2) is 0 Å². The Labute approximate surface area is 93.8 Å². The fourth-order valence-corrected chi connectivity index (χ4v) is 1.57. The number of benzene rings is 1. The van der Waals surface area contributed by atoms with Crippen molar-refractivity contribution in [1.82, 2.24) is 0 Å². The smallest absolute Gasteiger partial charge is 0.0558 e. The summed E-state index contributed by atoms with van der Waals surface area (Å²) in [5.41, 5.74) is 1.03. The Morgan fingerprint density at radius 1 is 1.00 bits per heavy atom. The number of rotatable bonds is 0. The summed E-state index contributed by atoms with van der Waals surface area (Å²) in [5.74, 6) is 7.27. The molecule has 0 unspecified atom stereocenters. The fourth-order valence-electron chi connectivity index (χ4n) is 1.17. The van der Waals surface area contributed by atoms with E-state index in [1.54, 1.807) is 0 Å². The van der Waals surface area contributed by atoms with Crippen LogP contribution in [0.3, 0.4) is 0 Å². The van der Waals surface area contributed by atoms with E-state index in [2.05, 4.69) is 27.8 Å². The molecule has 0 aromatic heterocycles. The maximum Gasteiger partial charge on any atom is 0.0558 e. The van der Waals surface area contributed by atoms with Crippen molar-refractivity contribution in [3.8, 4) is 11.8 Å². The Hall–Kier alpha value is -0.740. The fraction of sp³-hybridized carbons (Fsp3) is 0. The molecule has 1 aliphatic rings. The van der Waals surface area contributed by atoms with E-state index < -0.39 is 0 Å². The molecule has 14 heavy (non-hydrogen) atoms. The molecule has 1 heteroatoms. The molecule has 67 valence electrons. The molecule has 5 radical (unpaired) electrons. The zero-order valence-corrected chi connectivity index (χ0v) is 9.08. The van der Waals surface area contributed by atoms with Gasteiger partial charge in [-0.1, -0.05) is 33.8 Å². The molecule has 0 atom stereocenters. The summed E-state index contributed by atoms with van der Waals surface area (Å²) in [4.78, 5) is 0. The third-order valence-electron chi connectivity index (χ3n) is 1.84. The monoisotopic (exact) mass is 243 g/mol. The molecule has 0 heterocycles. The van der Waals surface area contributed by atoms with Gasteiger partial charge in [0.05, 0.1) is 5.92 Å². The van der Waals surface area contributed by atoms with Gasteiger partial charge in [-0.25, -0.2) is 0 Å². The second-order valence-electron chi connectivity index (χ2n) is 2.93. The summed E-state index contributed by atoms with van der Waals surface area (Å²) >= 11 is 3.41. The topological polar surface area (TPSA) is 0 Å². The SMILES string of the molecule is Brc1cccc(C#C[C]2[CH][CH][CH][CH]2)c1. The van der Waals surface area contributed by atoms with Gasteiger partial charge >= 0.3 is 0 Å². The molecule has 1 aromatic carbocycles. The van der Waals surface area contributed by atoms with Gasteiger partial charge in [0.25, 0.3) is 0 Å². The number of hydrogen-bond donors (Lipinski definition) is 0. The van der Waals surface area contributed by atoms with Crippen LogP contribution >= 0.6 is 15.9 Å². The Morgan fingerprint density at radius 3 is 2.50 bits per heavy atom. The van der Waals surface area contributed by atoms with Crippen LogP contribution in [0.5, 0.6) is 0 Å². The quantitative estimate of drug-likeness (QED) is 0.615. The van der Waals surface area contributed by atoms with Gasteiger partial charge < -0.3 is 0 Å². The highest BCUT2D eigenvalue weighted by atomic mass is 79.9. The van der Waals surface area contributed by atoms with Crippen LogP contribution in [0, 0.1) is 43.4 Å². The molecule has 0 nitrogen and oxygen atoms in total. The van der Waals surface area contributed by atoms with E-state index in [4.69, 9.17) is 0 Å². The summed E-state index contributed by atoms with van der Waals surface area (Å²) in [7, 11) is 0. The molecule has 1 aliphatic carbocycles. The summed E-state index contributed by atoms with van der Waals surface area (Å²) in [6, 6.07) is 7.99. The predicted molar refractivity (Wildman–Crippen MR) is 61.5 cm³/mol. The van der Waals surface area contributed by atoms with Crippen LogP contribution in [0.2, 0.25) is 0 Å². The van der Waals surface area contributed by atoms with Crippen molar-refractivity contribution in [2.45, 2.75) is 0 Å². The minimum absolute atomic E-state index is 1.03. The number of halogens is 1. The molecule has 1 saturated carbocycles. The predicted octanol–water partition coefficient (Wildman–Crippen LogP) is 3.21. The maximum absolute atomic E-state index is 3.41. The molecular formula is C13H8Br. The largest absolute Gasteiger partial charge is 0.0888 e. The highest BCUT2D eigenvalue weighted by Crippen LogP contribution is 2.21. The average Bonchev–Trinajstić information content (AvgIpc) is 2.67. The Bertz CT molecular complexity index is 364. The van der Waals surface area contributed by atoms with Crippen molar-refractivity contribution in [1.29, 1.82) is 0 Å². The molecule has 0 spiro atoms. The van der Waals surface area contributed by atoms with Crippen molar-refractivity contribution in [2.75, 3.05) is 0 Å². The van der Waals surface area contributed by atoms with E-state index in [0.717, 1.165) is 16.0 Å². The zero-order chi connectivity index (χ0) is 9.80. The summed E-state index contributed by atoms with van der Waals surface area (Å²) < 4.78 is 1.06. The third-order valence-corrected chi connectivity index (χ3v) is 2.33. The second kappa shape index (κ2) is 4.66. The molecule has 2 rings (SSSR count). The first-order valence-electron chi connectivity index (χ1n) is 4.34. The zero-order valence-electron chi connectivity index (χ0n) is 7.50. The van der Waals surface area contributed by atoms with Gasteiger partial charge in [0.2, 0.25) is 0 Å². The van der Waals surface area contributed by atoms with Crippen molar-refractivity contribution >= 4 is 15.9 Å². The molecular weight excluding hydrogens is 236 g/mol. The van der Waals surface area contributed by atoms with Crippen LogP contribution in [0.15, 0.2) is 28.7 Å². The van der Waals surface area contributed by atoms with Crippen molar-refractivity contribution in [2.24, 2.45) is 0 Å². The lowest BCUT2D eigenvalue weighted by Crippen LogP contribution is -1.85. The minimum Gasteiger partial charge on any atom is -0.0888 e. The summed E-state index contributed by atoms with van der Waals surface area (Å²) in [5, 5.41) is 0. The van der Waals surface area contributed by atoms with E-state index in [-0.39, 0.29) is 0 Å². The first-order chi connectivity index (χ1) is 6.84. The lowest BCUT2D eigenvalue weighted by Gasteiger charge is -1.94. The highest BCUT2D eigenvalue weighted by Gasteiger charge is 2.13. The van der Waals surface area contributed by atoms with Crippen LogP contribution in [0.4, 0.5) is 0 Å². The van der Waals surface area contributed by atoms with E-state index in [0.29, 0.717) is 0 Å². The first-order valence-corrected chi connectivity index (χ1v) is 5.13. The van der Waals surface area contributed by atoms with Gasteiger partial charge in [0.1, 0.15) is 0 Å². The molecule has 0 N–H and O–H groups in total. The van der Waals surface area contributed by atoms with Crippen molar-refractivity contribution < 1.29 is 0 Å². The van der Waals surface area contributed by atoms with Gasteiger partial charge in [-0.05, 0) is 43.9 Å². The highest BCUT2D eigenvalue weighted by molar-refractivity contribution is 9.10. The van der Waals surface area contributed by atoms with E-state index in [9.17, 15) is 0 Å². The molecule has 0 amide bonds. The van der Waals surface area contributed by atoms with Crippen molar-refractivity contribution in [3.63, 3.8) is 0 Å². The van der Waals surface area contributed by atoms with Gasteiger partial charge in [-0.15, -0.1) is 0 Å². The normalized spacial score (nSPS) is 16.4. The third kappa shape index (κ3) is 2.62. The Kier molecular flexibility index (Phi) is 3.26. The molecule has 0 saturated heterocycles. The van der Waals surface area contributed by atoms with E-state index >= 15 is 0 Å². The van der Waals surface area contributed by atoms with Crippen LogP contribution in [0.25, 0.3) is 0 Å².